The number of rotatable bonds is 8. The predicted molar refractivity (Wildman–Crippen MR) is 115 cm³/mol. The van der Waals surface area contributed by atoms with Crippen LogP contribution < -0.4 is 10.1 Å². The van der Waals surface area contributed by atoms with Gasteiger partial charge in [0.05, 0.1) is 6.54 Å². The maximum atomic E-state index is 12.4. The number of aryl methyl sites for hydroxylation is 1. The van der Waals surface area contributed by atoms with Gasteiger partial charge >= 0.3 is 0 Å². The fourth-order valence-corrected chi connectivity index (χ4v) is 3.69. The van der Waals surface area contributed by atoms with Crippen LogP contribution in [0.4, 0.5) is 0 Å². The van der Waals surface area contributed by atoms with Crippen molar-refractivity contribution >= 4 is 5.91 Å². The molecule has 5 heteroatoms. The van der Waals surface area contributed by atoms with E-state index >= 15 is 0 Å². The zero-order valence-electron chi connectivity index (χ0n) is 17.5. The number of amides is 1. The number of nitrogens with one attached hydrogen (secondary N) is 1. The molecule has 0 radical (unpaired) electrons. The minimum Gasteiger partial charge on any atom is -0.491 e. The first-order valence-corrected chi connectivity index (χ1v) is 10.4. The van der Waals surface area contributed by atoms with E-state index < -0.39 is 0 Å². The molecule has 1 saturated heterocycles. The highest BCUT2D eigenvalue weighted by Gasteiger charge is 2.34. The molecule has 1 aliphatic heterocycles. The topological polar surface area (TPSA) is 50.8 Å². The van der Waals surface area contributed by atoms with Gasteiger partial charge < -0.3 is 14.8 Å². The van der Waals surface area contributed by atoms with Crippen LogP contribution >= 0.6 is 0 Å². The number of hydrogen-bond donors (Lipinski definition) is 1. The summed E-state index contributed by atoms with van der Waals surface area (Å²) in [5, 5.41) is 3.02. The molecule has 2 aromatic carbocycles. The number of nitrogens with zero attached hydrogens (tertiary/aromatic N) is 1. The smallest absolute Gasteiger partial charge is 0.234 e. The van der Waals surface area contributed by atoms with E-state index in [1.165, 1.54) is 5.56 Å². The first kappa shape index (κ1) is 21.3. The molecule has 5 nitrogen and oxygen atoms in total. The molecule has 29 heavy (non-hydrogen) atoms. The molecule has 1 aliphatic rings. The Balaban J connectivity index is 1.47. The van der Waals surface area contributed by atoms with Crippen LogP contribution in [0.3, 0.4) is 0 Å². The summed E-state index contributed by atoms with van der Waals surface area (Å²) in [4.78, 5) is 14.6. The molecule has 1 heterocycles. The van der Waals surface area contributed by atoms with Gasteiger partial charge in [-0.15, -0.1) is 0 Å². The molecule has 3 rings (SSSR count). The van der Waals surface area contributed by atoms with Crippen LogP contribution in [0.25, 0.3) is 0 Å². The van der Waals surface area contributed by atoms with Gasteiger partial charge in [-0.2, -0.15) is 0 Å². The lowest BCUT2D eigenvalue weighted by Crippen LogP contribution is -2.41. The van der Waals surface area contributed by atoms with Crippen molar-refractivity contribution in [3.05, 3.63) is 65.7 Å². The summed E-state index contributed by atoms with van der Waals surface area (Å²) >= 11 is 0. The van der Waals surface area contributed by atoms with E-state index in [0.717, 1.165) is 43.7 Å². The van der Waals surface area contributed by atoms with Crippen molar-refractivity contribution in [2.75, 3.05) is 33.4 Å². The average molecular weight is 397 g/mol. The maximum absolute atomic E-state index is 12.4. The average Bonchev–Trinajstić information content (AvgIpc) is 2.95. The van der Waals surface area contributed by atoms with Crippen LogP contribution in [0.1, 0.15) is 30.4 Å². The van der Waals surface area contributed by atoms with Crippen LogP contribution in [0.15, 0.2) is 54.6 Å². The third-order valence-electron chi connectivity index (χ3n) is 5.65. The van der Waals surface area contributed by atoms with Gasteiger partial charge in [-0.05, 0) is 50.4 Å². The molecule has 0 aromatic heterocycles. The SMILES string of the molecule is CO[C@]1(COc2ccc(C)cc2)CCCN(CC(=O)NCc2ccccc2)CC1. The molecule has 0 saturated carbocycles. The number of methoxy groups -OCH3 is 1. The Kier molecular flexibility index (Phi) is 7.67. The van der Waals surface area contributed by atoms with E-state index in [9.17, 15) is 4.79 Å². The molecule has 156 valence electrons. The molecular weight excluding hydrogens is 364 g/mol. The van der Waals surface area contributed by atoms with E-state index in [2.05, 4.69) is 29.3 Å². The van der Waals surface area contributed by atoms with Gasteiger partial charge in [0.1, 0.15) is 18.0 Å². The lowest BCUT2D eigenvalue weighted by molar-refractivity contribution is -0.122. The van der Waals surface area contributed by atoms with Crippen LogP contribution in [-0.4, -0.2) is 49.8 Å². The second-order valence-electron chi connectivity index (χ2n) is 7.88. The molecule has 2 aromatic rings. The first-order valence-electron chi connectivity index (χ1n) is 10.4. The minimum atomic E-state index is -0.305. The number of ether oxygens (including phenoxy) is 2. The molecule has 1 fully saturated rings. The van der Waals surface area contributed by atoms with Crippen molar-refractivity contribution in [1.29, 1.82) is 0 Å². The van der Waals surface area contributed by atoms with Gasteiger partial charge in [-0.25, -0.2) is 0 Å². The number of benzene rings is 2. The van der Waals surface area contributed by atoms with Crippen molar-refractivity contribution in [3.63, 3.8) is 0 Å². The fourth-order valence-electron chi connectivity index (χ4n) is 3.69. The van der Waals surface area contributed by atoms with Crippen LogP contribution in [0.2, 0.25) is 0 Å². The van der Waals surface area contributed by atoms with Gasteiger partial charge in [0.15, 0.2) is 0 Å². The van der Waals surface area contributed by atoms with Gasteiger partial charge in [0, 0.05) is 20.2 Å². The Morgan fingerprint density at radius 3 is 2.55 bits per heavy atom. The summed E-state index contributed by atoms with van der Waals surface area (Å²) in [6, 6.07) is 18.1. The van der Waals surface area contributed by atoms with Gasteiger partial charge in [-0.3, -0.25) is 9.69 Å². The monoisotopic (exact) mass is 396 g/mol. The Hall–Kier alpha value is -2.37. The molecule has 1 N–H and O–H groups in total. The maximum Gasteiger partial charge on any atom is 0.234 e. The second-order valence-corrected chi connectivity index (χ2v) is 7.88. The molecule has 1 atom stereocenters. The van der Waals surface area contributed by atoms with E-state index in [-0.39, 0.29) is 11.5 Å². The lowest BCUT2D eigenvalue weighted by atomic mass is 9.95. The van der Waals surface area contributed by atoms with Gasteiger partial charge in [0.2, 0.25) is 5.91 Å². The highest BCUT2D eigenvalue weighted by atomic mass is 16.5. The van der Waals surface area contributed by atoms with Crippen molar-refractivity contribution in [3.8, 4) is 5.75 Å². The zero-order valence-corrected chi connectivity index (χ0v) is 17.5. The second kappa shape index (κ2) is 10.4. The highest BCUT2D eigenvalue weighted by Crippen LogP contribution is 2.27. The number of likely N-dealkylation sites (tertiary alicyclic amines) is 1. The molecular formula is C24H32N2O3. The van der Waals surface area contributed by atoms with E-state index in [4.69, 9.17) is 9.47 Å². The Morgan fingerprint density at radius 1 is 1.07 bits per heavy atom. The van der Waals surface area contributed by atoms with Crippen molar-refractivity contribution in [2.24, 2.45) is 0 Å². The Labute approximate surface area is 174 Å². The van der Waals surface area contributed by atoms with E-state index in [1.54, 1.807) is 7.11 Å². The summed E-state index contributed by atoms with van der Waals surface area (Å²) in [6.07, 6.45) is 2.76. The summed E-state index contributed by atoms with van der Waals surface area (Å²) in [6.45, 7) is 5.31. The largest absolute Gasteiger partial charge is 0.491 e. The minimum absolute atomic E-state index is 0.0645. The zero-order chi connectivity index (χ0) is 20.5. The van der Waals surface area contributed by atoms with Crippen LogP contribution in [0, 0.1) is 6.92 Å². The first-order chi connectivity index (χ1) is 14.1. The molecule has 0 bridgehead atoms. The molecule has 0 spiro atoms. The molecule has 1 amide bonds. The Bertz CT molecular complexity index is 763. The van der Waals surface area contributed by atoms with Gasteiger partial charge in [-0.1, -0.05) is 48.0 Å². The van der Waals surface area contributed by atoms with Crippen LogP contribution in [0.5, 0.6) is 5.75 Å². The number of carbonyl (C=O) groups is 1. The summed E-state index contributed by atoms with van der Waals surface area (Å²) in [7, 11) is 1.76. The quantitative estimate of drug-likeness (QED) is 0.741. The van der Waals surface area contributed by atoms with E-state index in [0.29, 0.717) is 19.7 Å². The number of hydrogen-bond acceptors (Lipinski definition) is 4. The summed E-state index contributed by atoms with van der Waals surface area (Å²) in [5.74, 6) is 0.933. The number of carbonyl (C=O) groups excluding carboxylic acids is 1. The fraction of sp³-hybridized carbons (Fsp3) is 0.458. The van der Waals surface area contributed by atoms with Crippen LogP contribution in [-0.2, 0) is 16.1 Å². The normalized spacial score (nSPS) is 20.1. The summed E-state index contributed by atoms with van der Waals surface area (Å²) in [5.41, 5.74) is 2.03. The standard InChI is InChI=1S/C24H32N2O3/c1-20-9-11-22(12-10-20)29-19-24(28-2)13-6-15-26(16-14-24)18-23(27)25-17-21-7-4-3-5-8-21/h3-5,7-12H,6,13-19H2,1-2H3,(H,25,27)/t24-/m1/s1. The predicted octanol–water partition coefficient (Wildman–Crippen LogP) is 3.56. The van der Waals surface area contributed by atoms with Crippen molar-refractivity contribution in [2.45, 2.75) is 38.3 Å². The van der Waals surface area contributed by atoms with Crippen molar-refractivity contribution in [1.82, 2.24) is 10.2 Å². The third-order valence-corrected chi connectivity index (χ3v) is 5.65. The highest BCUT2D eigenvalue weighted by molar-refractivity contribution is 5.78. The lowest BCUT2D eigenvalue weighted by Gasteiger charge is -2.31. The Morgan fingerprint density at radius 2 is 1.83 bits per heavy atom. The molecule has 0 unspecified atom stereocenters. The third kappa shape index (κ3) is 6.58. The molecule has 0 aliphatic carbocycles. The van der Waals surface area contributed by atoms with E-state index in [1.807, 2.05) is 42.5 Å². The van der Waals surface area contributed by atoms with Gasteiger partial charge in [0.25, 0.3) is 0 Å². The van der Waals surface area contributed by atoms with Crippen molar-refractivity contribution < 1.29 is 14.3 Å². The summed E-state index contributed by atoms with van der Waals surface area (Å²) < 4.78 is 11.9.